The minimum atomic E-state index is -0.657. The van der Waals surface area contributed by atoms with Crippen molar-refractivity contribution in [2.24, 2.45) is 0 Å². The van der Waals surface area contributed by atoms with E-state index in [4.69, 9.17) is 0 Å². The largest absolute Gasteiger partial charge is 0.348 e. The Hall–Kier alpha value is -1.02. The van der Waals surface area contributed by atoms with Gasteiger partial charge in [0.05, 0.1) is 8.45 Å². The summed E-state index contributed by atoms with van der Waals surface area (Å²) >= 11 is 3.53. The molecule has 0 fully saturated rings. The molecule has 1 aromatic heterocycles. The highest BCUT2D eigenvalue weighted by Crippen LogP contribution is 2.19. The van der Waals surface area contributed by atoms with Crippen LogP contribution in [-0.4, -0.2) is 5.91 Å². The molecule has 6 heteroatoms. The average Bonchev–Trinajstić information content (AvgIpc) is 2.74. The molecule has 0 aliphatic heterocycles. The maximum Gasteiger partial charge on any atom is 0.253 e. The topological polar surface area (TPSA) is 29.1 Å². The first kappa shape index (κ1) is 13.4. The lowest BCUT2D eigenvalue weighted by Crippen LogP contribution is -2.23. The lowest BCUT2D eigenvalue weighted by atomic mass is 10.2. The summed E-state index contributed by atoms with van der Waals surface area (Å²) < 4.78 is 26.9. The highest BCUT2D eigenvalue weighted by molar-refractivity contribution is 14.1. The van der Waals surface area contributed by atoms with Gasteiger partial charge in [0.25, 0.3) is 5.91 Å². The Balaban J connectivity index is 2.04. The number of rotatable bonds is 3. The van der Waals surface area contributed by atoms with E-state index in [1.165, 1.54) is 23.5 Å². The van der Waals surface area contributed by atoms with E-state index < -0.39 is 11.6 Å². The van der Waals surface area contributed by atoms with Crippen molar-refractivity contribution in [3.63, 3.8) is 0 Å². The van der Waals surface area contributed by atoms with E-state index >= 15 is 0 Å². The number of hydrogen-bond acceptors (Lipinski definition) is 2. The fourth-order valence-corrected chi connectivity index (χ4v) is 2.87. The zero-order chi connectivity index (χ0) is 13.1. The van der Waals surface area contributed by atoms with Crippen molar-refractivity contribution < 1.29 is 13.6 Å². The van der Waals surface area contributed by atoms with Gasteiger partial charge in [-0.05, 0) is 40.1 Å². The van der Waals surface area contributed by atoms with Gasteiger partial charge in [-0.3, -0.25) is 4.79 Å². The van der Waals surface area contributed by atoms with Crippen LogP contribution in [0.15, 0.2) is 29.6 Å². The quantitative estimate of drug-likeness (QED) is 0.812. The molecule has 0 saturated carbocycles. The zero-order valence-corrected chi connectivity index (χ0v) is 12.0. The molecular weight excluding hydrogens is 371 g/mol. The van der Waals surface area contributed by atoms with E-state index in [-0.39, 0.29) is 18.0 Å². The summed E-state index contributed by atoms with van der Waals surface area (Å²) in [6, 6.07) is 5.00. The summed E-state index contributed by atoms with van der Waals surface area (Å²) in [6.07, 6.45) is 0. The molecule has 0 spiro atoms. The number of benzene rings is 1. The van der Waals surface area contributed by atoms with Crippen LogP contribution in [0.3, 0.4) is 0 Å². The molecule has 1 N–H and O–H groups in total. The second-order valence-electron chi connectivity index (χ2n) is 3.53. The van der Waals surface area contributed by atoms with Gasteiger partial charge in [-0.2, -0.15) is 0 Å². The average molecular weight is 379 g/mol. The molecule has 1 heterocycles. The Kier molecular flexibility index (Phi) is 4.28. The van der Waals surface area contributed by atoms with Gasteiger partial charge >= 0.3 is 0 Å². The molecule has 0 radical (unpaired) electrons. The molecule has 18 heavy (non-hydrogen) atoms. The molecule has 0 bridgehead atoms. The summed E-state index contributed by atoms with van der Waals surface area (Å²) in [4.78, 5) is 11.8. The molecule has 0 aliphatic carbocycles. The van der Waals surface area contributed by atoms with E-state index in [1.807, 2.05) is 5.38 Å². The van der Waals surface area contributed by atoms with Crippen LogP contribution in [0.5, 0.6) is 0 Å². The van der Waals surface area contributed by atoms with Gasteiger partial charge in [0.1, 0.15) is 11.6 Å². The van der Waals surface area contributed by atoms with Gasteiger partial charge in [0, 0.05) is 18.2 Å². The molecule has 0 saturated heterocycles. The Morgan fingerprint density at radius 3 is 2.72 bits per heavy atom. The predicted molar refractivity (Wildman–Crippen MR) is 74.6 cm³/mol. The van der Waals surface area contributed by atoms with Crippen molar-refractivity contribution in [2.45, 2.75) is 6.54 Å². The first-order chi connectivity index (χ1) is 8.58. The second kappa shape index (κ2) is 5.75. The molecule has 2 rings (SSSR count). The normalized spacial score (nSPS) is 10.4. The predicted octanol–water partition coefficient (Wildman–Crippen LogP) is 3.56. The van der Waals surface area contributed by atoms with Crippen LogP contribution < -0.4 is 5.32 Å². The molecular formula is C12H8F2INOS. The van der Waals surface area contributed by atoms with Crippen molar-refractivity contribution in [3.8, 4) is 0 Å². The SMILES string of the molecule is O=C(NCc1ccc(F)cc1F)c1ccsc1I. The second-order valence-corrected chi connectivity index (χ2v) is 6.25. The molecule has 2 nitrogen and oxygen atoms in total. The lowest BCUT2D eigenvalue weighted by molar-refractivity contribution is 0.0950. The highest BCUT2D eigenvalue weighted by Gasteiger charge is 2.11. The number of nitrogens with one attached hydrogen (secondary N) is 1. The summed E-state index contributed by atoms with van der Waals surface area (Å²) in [6.45, 7) is 0.0386. The van der Waals surface area contributed by atoms with Crippen molar-refractivity contribution in [1.82, 2.24) is 5.32 Å². The lowest BCUT2D eigenvalue weighted by Gasteiger charge is -2.05. The number of carbonyl (C=O) groups is 1. The van der Waals surface area contributed by atoms with Crippen LogP contribution >= 0.6 is 33.9 Å². The van der Waals surface area contributed by atoms with Crippen molar-refractivity contribution in [3.05, 3.63) is 55.3 Å². The third kappa shape index (κ3) is 3.05. The molecule has 2 aromatic rings. The summed E-state index contributed by atoms with van der Waals surface area (Å²) in [5, 5.41) is 4.42. The van der Waals surface area contributed by atoms with E-state index in [0.29, 0.717) is 5.56 Å². The fraction of sp³-hybridized carbons (Fsp3) is 0.0833. The van der Waals surface area contributed by atoms with Gasteiger partial charge in [0.15, 0.2) is 0 Å². The Labute approximate surface area is 120 Å². The third-order valence-corrected chi connectivity index (χ3v) is 4.36. The fourth-order valence-electron chi connectivity index (χ4n) is 1.39. The van der Waals surface area contributed by atoms with Crippen LogP contribution in [0.1, 0.15) is 15.9 Å². The highest BCUT2D eigenvalue weighted by atomic mass is 127. The summed E-state index contributed by atoms with van der Waals surface area (Å²) in [7, 11) is 0. The van der Waals surface area contributed by atoms with E-state index in [2.05, 4.69) is 27.9 Å². The maximum atomic E-state index is 13.3. The van der Waals surface area contributed by atoms with Crippen LogP contribution in [0, 0.1) is 14.5 Å². The molecule has 1 aromatic carbocycles. The molecule has 0 unspecified atom stereocenters. The Bertz CT molecular complexity index is 585. The Morgan fingerprint density at radius 1 is 1.33 bits per heavy atom. The van der Waals surface area contributed by atoms with Crippen LogP contribution in [0.4, 0.5) is 8.78 Å². The number of amides is 1. The molecule has 1 amide bonds. The molecule has 0 atom stereocenters. The van der Waals surface area contributed by atoms with Crippen molar-refractivity contribution in [2.75, 3.05) is 0 Å². The number of hydrogen-bond donors (Lipinski definition) is 1. The minimum absolute atomic E-state index is 0.0386. The van der Waals surface area contributed by atoms with Gasteiger partial charge < -0.3 is 5.32 Å². The smallest absolute Gasteiger partial charge is 0.253 e. The van der Waals surface area contributed by atoms with E-state index in [1.54, 1.807) is 6.07 Å². The van der Waals surface area contributed by atoms with Crippen molar-refractivity contribution >= 4 is 39.8 Å². The summed E-state index contributed by atoms with van der Waals surface area (Å²) in [5.41, 5.74) is 0.832. The van der Waals surface area contributed by atoms with Crippen LogP contribution in [-0.2, 0) is 6.54 Å². The van der Waals surface area contributed by atoms with E-state index in [0.717, 1.165) is 8.95 Å². The van der Waals surface area contributed by atoms with Crippen LogP contribution in [0.25, 0.3) is 0 Å². The van der Waals surface area contributed by atoms with Gasteiger partial charge in [-0.25, -0.2) is 8.78 Å². The van der Waals surface area contributed by atoms with Gasteiger partial charge in [-0.1, -0.05) is 6.07 Å². The number of thiophene rings is 1. The summed E-state index contributed by atoms with van der Waals surface area (Å²) in [5.74, 6) is -1.55. The zero-order valence-electron chi connectivity index (χ0n) is 9.04. The molecule has 94 valence electrons. The van der Waals surface area contributed by atoms with Gasteiger partial charge in [-0.15, -0.1) is 11.3 Å². The van der Waals surface area contributed by atoms with Crippen LogP contribution in [0.2, 0.25) is 0 Å². The number of halogens is 3. The first-order valence-corrected chi connectivity index (χ1v) is 6.99. The van der Waals surface area contributed by atoms with E-state index in [9.17, 15) is 13.6 Å². The van der Waals surface area contributed by atoms with Crippen molar-refractivity contribution in [1.29, 1.82) is 0 Å². The Morgan fingerprint density at radius 2 is 2.11 bits per heavy atom. The minimum Gasteiger partial charge on any atom is -0.348 e. The first-order valence-electron chi connectivity index (χ1n) is 5.03. The van der Waals surface area contributed by atoms with Gasteiger partial charge in [0.2, 0.25) is 0 Å². The molecule has 0 aliphatic rings. The third-order valence-electron chi connectivity index (χ3n) is 2.32. The standard InChI is InChI=1S/C12H8F2INOS/c13-8-2-1-7(10(14)5-8)6-16-12(17)9-3-4-18-11(9)15/h1-5H,6H2,(H,16,17). The number of carbonyl (C=O) groups excluding carboxylic acids is 1. The maximum absolute atomic E-state index is 13.3. The monoisotopic (exact) mass is 379 g/mol.